The number of thiophene rings is 1. The summed E-state index contributed by atoms with van der Waals surface area (Å²) in [7, 11) is 1.68. The van der Waals surface area contributed by atoms with Gasteiger partial charge < -0.3 is 4.74 Å². The highest BCUT2D eigenvalue weighted by molar-refractivity contribution is 7.12. The molecule has 2 aromatic rings. The predicted octanol–water partition coefficient (Wildman–Crippen LogP) is 3.75. The van der Waals surface area contributed by atoms with Gasteiger partial charge >= 0.3 is 0 Å². The van der Waals surface area contributed by atoms with Gasteiger partial charge in [-0.1, -0.05) is 30.3 Å². The number of rotatable bonds is 2. The first-order chi connectivity index (χ1) is 8.86. The Labute approximate surface area is 112 Å². The number of nitrogens with zero attached hydrogens (tertiary/aromatic N) is 1. The topological polar surface area (TPSA) is 21.6 Å². The van der Waals surface area contributed by atoms with Crippen LogP contribution >= 0.6 is 11.3 Å². The summed E-state index contributed by atoms with van der Waals surface area (Å²) in [6.45, 7) is 3.63. The predicted molar refractivity (Wildman–Crippen MR) is 77.7 cm³/mol. The number of hydrogen-bond acceptors (Lipinski definition) is 3. The second-order valence-corrected chi connectivity index (χ2v) is 4.80. The van der Waals surface area contributed by atoms with E-state index in [2.05, 4.69) is 45.4 Å². The fraction of sp³-hybridized carbons (Fsp3) is 0.267. The standard InChI is InChI=1S/C12H9NS.C3H8O/c1-2-4-9(5-3-1)11-12-10(8-13-11)6-7-14-12;1-3-4-2/h1-7H,8H2;3H2,1-2H3. The number of fused-ring (bicyclic) bond motifs is 1. The molecule has 3 heteroatoms. The number of benzene rings is 1. The van der Waals surface area contributed by atoms with Crippen molar-refractivity contribution in [1.29, 1.82) is 0 Å². The minimum absolute atomic E-state index is 0.819. The van der Waals surface area contributed by atoms with E-state index in [4.69, 9.17) is 0 Å². The van der Waals surface area contributed by atoms with E-state index in [0.717, 1.165) is 18.9 Å². The van der Waals surface area contributed by atoms with Gasteiger partial charge in [-0.2, -0.15) is 0 Å². The summed E-state index contributed by atoms with van der Waals surface area (Å²) in [6, 6.07) is 12.6. The van der Waals surface area contributed by atoms with E-state index in [0.29, 0.717) is 0 Å². The van der Waals surface area contributed by atoms with Crippen molar-refractivity contribution in [3.63, 3.8) is 0 Å². The summed E-state index contributed by atoms with van der Waals surface area (Å²) >= 11 is 1.78. The first kappa shape index (κ1) is 13.0. The van der Waals surface area contributed by atoms with Crippen molar-refractivity contribution in [2.24, 2.45) is 4.99 Å². The molecule has 0 fully saturated rings. The van der Waals surface area contributed by atoms with E-state index in [1.807, 2.05) is 13.0 Å². The molecule has 0 amide bonds. The Morgan fingerprint density at radius 1 is 1.22 bits per heavy atom. The van der Waals surface area contributed by atoms with E-state index in [1.165, 1.54) is 16.0 Å². The molecule has 18 heavy (non-hydrogen) atoms. The van der Waals surface area contributed by atoms with Crippen LogP contribution in [0.4, 0.5) is 0 Å². The van der Waals surface area contributed by atoms with E-state index in [1.54, 1.807) is 18.4 Å². The third kappa shape index (κ3) is 2.86. The smallest absolute Gasteiger partial charge is 0.0826 e. The van der Waals surface area contributed by atoms with Crippen molar-refractivity contribution in [2.75, 3.05) is 13.7 Å². The lowest BCUT2D eigenvalue weighted by atomic mass is 10.1. The summed E-state index contributed by atoms with van der Waals surface area (Å²) in [6.07, 6.45) is 0. The van der Waals surface area contributed by atoms with Gasteiger partial charge in [-0.3, -0.25) is 4.99 Å². The van der Waals surface area contributed by atoms with Crippen LogP contribution in [-0.4, -0.2) is 19.4 Å². The lowest BCUT2D eigenvalue weighted by molar-refractivity contribution is 0.215. The van der Waals surface area contributed by atoms with Crippen molar-refractivity contribution in [3.05, 3.63) is 57.8 Å². The minimum atomic E-state index is 0.819. The summed E-state index contributed by atoms with van der Waals surface area (Å²) < 4.78 is 4.54. The van der Waals surface area contributed by atoms with Gasteiger partial charge in [-0.05, 0) is 23.9 Å². The maximum absolute atomic E-state index is 4.56. The highest BCUT2D eigenvalue weighted by Crippen LogP contribution is 2.27. The second kappa shape index (κ2) is 6.47. The molecular formula is C15H17NOS. The molecule has 0 bridgehead atoms. The maximum Gasteiger partial charge on any atom is 0.0826 e. The van der Waals surface area contributed by atoms with Gasteiger partial charge in [0.2, 0.25) is 0 Å². The molecule has 0 aliphatic carbocycles. The molecule has 1 aliphatic rings. The number of aliphatic imine (C=N–C) groups is 1. The van der Waals surface area contributed by atoms with Crippen molar-refractivity contribution >= 4 is 17.0 Å². The molecule has 3 rings (SSSR count). The molecule has 1 aliphatic heterocycles. The molecule has 94 valence electrons. The van der Waals surface area contributed by atoms with Crippen molar-refractivity contribution < 1.29 is 4.74 Å². The van der Waals surface area contributed by atoms with E-state index >= 15 is 0 Å². The van der Waals surface area contributed by atoms with E-state index in [9.17, 15) is 0 Å². The van der Waals surface area contributed by atoms with Gasteiger partial charge in [0.25, 0.3) is 0 Å². The Morgan fingerprint density at radius 3 is 2.61 bits per heavy atom. The highest BCUT2D eigenvalue weighted by Gasteiger charge is 2.17. The Balaban J connectivity index is 0.000000267. The van der Waals surface area contributed by atoms with Gasteiger partial charge in [0.15, 0.2) is 0 Å². The van der Waals surface area contributed by atoms with Crippen LogP contribution in [-0.2, 0) is 11.3 Å². The quantitative estimate of drug-likeness (QED) is 0.805. The number of methoxy groups -OCH3 is 1. The third-order valence-corrected chi connectivity index (χ3v) is 3.67. The molecule has 0 saturated carbocycles. The Kier molecular flexibility index (Phi) is 4.67. The molecule has 1 aromatic carbocycles. The van der Waals surface area contributed by atoms with Crippen LogP contribution in [0.5, 0.6) is 0 Å². The van der Waals surface area contributed by atoms with Crippen LogP contribution < -0.4 is 0 Å². The molecule has 0 N–H and O–H groups in total. The molecule has 2 heterocycles. The molecular weight excluding hydrogens is 242 g/mol. The normalized spacial score (nSPS) is 12.4. The average molecular weight is 259 g/mol. The van der Waals surface area contributed by atoms with Crippen LogP contribution in [0, 0.1) is 0 Å². The van der Waals surface area contributed by atoms with Crippen LogP contribution in [0.15, 0.2) is 46.8 Å². The average Bonchev–Trinajstić information content (AvgIpc) is 3.02. The van der Waals surface area contributed by atoms with Gasteiger partial charge in [-0.15, -0.1) is 11.3 Å². The number of ether oxygens (including phenoxy) is 1. The lowest BCUT2D eigenvalue weighted by Gasteiger charge is -1.99. The fourth-order valence-corrected chi connectivity index (χ4v) is 2.67. The molecule has 0 radical (unpaired) electrons. The van der Waals surface area contributed by atoms with Crippen molar-refractivity contribution in [3.8, 4) is 0 Å². The molecule has 0 spiro atoms. The van der Waals surface area contributed by atoms with E-state index < -0.39 is 0 Å². The summed E-state index contributed by atoms with van der Waals surface area (Å²) in [5.74, 6) is 0. The van der Waals surface area contributed by atoms with Crippen LogP contribution in [0.2, 0.25) is 0 Å². The third-order valence-electron chi connectivity index (χ3n) is 2.71. The first-order valence-electron chi connectivity index (χ1n) is 6.02. The molecule has 0 saturated heterocycles. The Morgan fingerprint density at radius 2 is 1.94 bits per heavy atom. The molecule has 0 atom stereocenters. The SMILES string of the molecule is CCOC.c1ccc(C2=NCc3ccsc32)cc1. The zero-order valence-electron chi connectivity index (χ0n) is 10.7. The first-order valence-corrected chi connectivity index (χ1v) is 6.90. The van der Waals surface area contributed by atoms with Gasteiger partial charge in [0.05, 0.1) is 17.1 Å². The minimum Gasteiger partial charge on any atom is -0.385 e. The molecule has 1 aromatic heterocycles. The monoisotopic (exact) mass is 259 g/mol. The van der Waals surface area contributed by atoms with Gasteiger partial charge in [0.1, 0.15) is 0 Å². The van der Waals surface area contributed by atoms with Crippen molar-refractivity contribution in [1.82, 2.24) is 0 Å². The summed E-state index contributed by atoms with van der Waals surface area (Å²) in [5.41, 5.74) is 3.76. The molecule has 0 unspecified atom stereocenters. The lowest BCUT2D eigenvalue weighted by Crippen LogP contribution is -1.96. The van der Waals surface area contributed by atoms with Crippen molar-refractivity contribution in [2.45, 2.75) is 13.5 Å². The zero-order chi connectivity index (χ0) is 12.8. The van der Waals surface area contributed by atoms with Crippen LogP contribution in [0.25, 0.3) is 0 Å². The number of hydrogen-bond donors (Lipinski definition) is 0. The van der Waals surface area contributed by atoms with Gasteiger partial charge in [-0.25, -0.2) is 0 Å². The Hall–Kier alpha value is -1.45. The Bertz CT molecular complexity index is 514. The van der Waals surface area contributed by atoms with E-state index in [-0.39, 0.29) is 0 Å². The summed E-state index contributed by atoms with van der Waals surface area (Å²) in [4.78, 5) is 5.90. The largest absolute Gasteiger partial charge is 0.385 e. The zero-order valence-corrected chi connectivity index (χ0v) is 11.5. The highest BCUT2D eigenvalue weighted by atomic mass is 32.1. The summed E-state index contributed by atoms with van der Waals surface area (Å²) in [5, 5.41) is 2.14. The van der Waals surface area contributed by atoms with Gasteiger partial charge in [0, 0.05) is 19.3 Å². The maximum atomic E-state index is 4.56. The second-order valence-electron chi connectivity index (χ2n) is 3.88. The fourth-order valence-electron chi connectivity index (χ4n) is 1.72. The van der Waals surface area contributed by atoms with Crippen LogP contribution in [0.3, 0.4) is 0 Å². The van der Waals surface area contributed by atoms with Crippen LogP contribution in [0.1, 0.15) is 22.9 Å². The molecule has 2 nitrogen and oxygen atoms in total.